The van der Waals surface area contributed by atoms with E-state index in [2.05, 4.69) is 10.3 Å². The number of ether oxygens (including phenoxy) is 1. The van der Waals surface area contributed by atoms with E-state index in [4.69, 9.17) is 4.74 Å². The van der Waals surface area contributed by atoms with Gasteiger partial charge in [-0.15, -0.1) is 0 Å². The molecule has 0 fully saturated rings. The highest BCUT2D eigenvalue weighted by atomic mass is 32.1. The van der Waals surface area contributed by atoms with E-state index in [1.54, 1.807) is 7.11 Å². The minimum Gasteiger partial charge on any atom is -0.497 e. The van der Waals surface area contributed by atoms with Crippen LogP contribution in [0.15, 0.2) is 30.5 Å². The Hall–Kier alpha value is -1.76. The quantitative estimate of drug-likeness (QED) is 0.911. The third-order valence-electron chi connectivity index (χ3n) is 2.63. The second-order valence-corrected chi connectivity index (χ2v) is 5.08. The number of aromatic nitrogens is 1. The highest BCUT2D eigenvalue weighted by Crippen LogP contribution is 2.34. The van der Waals surface area contributed by atoms with E-state index >= 15 is 0 Å². The Morgan fingerprint density at radius 1 is 1.25 bits per heavy atom. The van der Waals surface area contributed by atoms with Crippen molar-refractivity contribution in [3.63, 3.8) is 0 Å². The molecule has 0 saturated carbocycles. The molecule has 0 bridgehead atoms. The zero-order valence-electron chi connectivity index (χ0n) is 10.7. The van der Waals surface area contributed by atoms with E-state index in [9.17, 15) is 13.2 Å². The van der Waals surface area contributed by atoms with Gasteiger partial charge in [0.1, 0.15) is 10.6 Å². The molecule has 0 saturated heterocycles. The molecular formula is C13H13F3N2OS. The maximum Gasteiger partial charge on any atom is 0.427 e. The maximum absolute atomic E-state index is 12.4. The van der Waals surface area contributed by atoms with Gasteiger partial charge in [0.05, 0.1) is 13.3 Å². The predicted molar refractivity (Wildman–Crippen MR) is 72.3 cm³/mol. The third-order valence-corrected chi connectivity index (χ3v) is 3.63. The number of hydrogen-bond donors (Lipinski definition) is 1. The highest BCUT2D eigenvalue weighted by Gasteiger charge is 2.33. The fourth-order valence-electron chi connectivity index (χ4n) is 1.59. The zero-order chi connectivity index (χ0) is 14.6. The summed E-state index contributed by atoms with van der Waals surface area (Å²) in [5.74, 6) is 0.774. The van der Waals surface area contributed by atoms with Crippen molar-refractivity contribution in [3.05, 3.63) is 40.9 Å². The lowest BCUT2D eigenvalue weighted by Crippen LogP contribution is -2.04. The first-order valence-corrected chi connectivity index (χ1v) is 6.70. The summed E-state index contributed by atoms with van der Waals surface area (Å²) < 4.78 is 42.2. The molecule has 0 unspecified atom stereocenters. The Bertz CT molecular complexity index is 551. The number of methoxy groups -OCH3 is 1. The molecule has 2 aromatic rings. The molecule has 1 aromatic heterocycles. The van der Waals surface area contributed by atoms with E-state index in [1.165, 1.54) is 0 Å². The van der Waals surface area contributed by atoms with Crippen LogP contribution in [0.1, 0.15) is 10.4 Å². The first-order valence-electron chi connectivity index (χ1n) is 5.89. The van der Waals surface area contributed by atoms with Crippen LogP contribution in [0.25, 0.3) is 0 Å². The van der Waals surface area contributed by atoms with Crippen molar-refractivity contribution in [2.24, 2.45) is 0 Å². The fourth-order valence-corrected chi connectivity index (χ4v) is 2.30. The molecular weight excluding hydrogens is 289 g/mol. The van der Waals surface area contributed by atoms with Gasteiger partial charge >= 0.3 is 6.18 Å². The Kier molecular flexibility index (Phi) is 4.49. The van der Waals surface area contributed by atoms with Gasteiger partial charge in [-0.25, -0.2) is 4.98 Å². The van der Waals surface area contributed by atoms with E-state index in [1.807, 2.05) is 24.3 Å². The molecule has 20 heavy (non-hydrogen) atoms. The SMILES string of the molecule is COc1ccc(CCNc2ncc(C(F)(F)F)s2)cc1. The van der Waals surface area contributed by atoms with E-state index in [0.29, 0.717) is 24.3 Å². The Morgan fingerprint density at radius 2 is 1.95 bits per heavy atom. The number of benzene rings is 1. The van der Waals surface area contributed by atoms with Crippen LogP contribution in [0.5, 0.6) is 5.75 Å². The van der Waals surface area contributed by atoms with Crippen LogP contribution >= 0.6 is 11.3 Å². The summed E-state index contributed by atoms with van der Waals surface area (Å²) in [4.78, 5) is 3.02. The van der Waals surface area contributed by atoms with Crippen LogP contribution in [-0.4, -0.2) is 18.6 Å². The van der Waals surface area contributed by atoms with Crippen molar-refractivity contribution in [2.45, 2.75) is 12.6 Å². The minimum absolute atomic E-state index is 0.283. The van der Waals surface area contributed by atoms with Gasteiger partial charge in [-0.3, -0.25) is 0 Å². The van der Waals surface area contributed by atoms with E-state index in [-0.39, 0.29) is 5.13 Å². The van der Waals surface area contributed by atoms with Crippen LogP contribution in [0, 0.1) is 0 Å². The Balaban J connectivity index is 1.84. The molecule has 3 nitrogen and oxygen atoms in total. The van der Waals surface area contributed by atoms with Gasteiger partial charge in [0, 0.05) is 6.54 Å². The summed E-state index contributed by atoms with van der Waals surface area (Å²) >= 11 is 0.614. The fraction of sp³-hybridized carbons (Fsp3) is 0.308. The number of hydrogen-bond acceptors (Lipinski definition) is 4. The predicted octanol–water partition coefficient (Wildman–Crippen LogP) is 3.83. The molecule has 0 amide bonds. The third kappa shape index (κ3) is 3.86. The number of rotatable bonds is 5. The molecule has 0 atom stereocenters. The lowest BCUT2D eigenvalue weighted by atomic mass is 10.1. The molecule has 0 radical (unpaired) electrons. The van der Waals surface area contributed by atoms with Gasteiger partial charge in [-0.1, -0.05) is 23.5 Å². The van der Waals surface area contributed by atoms with E-state index in [0.717, 1.165) is 17.5 Å². The molecule has 0 spiro atoms. The van der Waals surface area contributed by atoms with Gasteiger partial charge < -0.3 is 10.1 Å². The number of anilines is 1. The zero-order valence-corrected chi connectivity index (χ0v) is 11.5. The van der Waals surface area contributed by atoms with Gasteiger partial charge in [0.2, 0.25) is 0 Å². The van der Waals surface area contributed by atoms with Crippen LogP contribution < -0.4 is 10.1 Å². The smallest absolute Gasteiger partial charge is 0.427 e. The number of halogens is 3. The summed E-state index contributed by atoms with van der Waals surface area (Å²) in [6.45, 7) is 0.525. The minimum atomic E-state index is -4.33. The summed E-state index contributed by atoms with van der Waals surface area (Å²) in [6.07, 6.45) is -2.78. The van der Waals surface area contributed by atoms with Crippen molar-refractivity contribution >= 4 is 16.5 Å². The standard InChI is InChI=1S/C13H13F3N2OS/c1-19-10-4-2-9(3-5-10)6-7-17-12-18-8-11(20-12)13(14,15)16/h2-5,8H,6-7H2,1H3,(H,17,18). The van der Waals surface area contributed by atoms with Crippen LogP contribution in [0.3, 0.4) is 0 Å². The Labute approximate surface area is 118 Å². The number of nitrogens with one attached hydrogen (secondary N) is 1. The summed E-state index contributed by atoms with van der Waals surface area (Å²) in [6, 6.07) is 7.54. The van der Waals surface area contributed by atoms with Crippen LogP contribution in [-0.2, 0) is 12.6 Å². The van der Waals surface area contributed by atoms with Crippen LogP contribution in [0.2, 0.25) is 0 Å². The van der Waals surface area contributed by atoms with E-state index < -0.39 is 11.1 Å². The summed E-state index contributed by atoms with van der Waals surface area (Å²) in [7, 11) is 1.59. The van der Waals surface area contributed by atoms with Crippen LogP contribution in [0.4, 0.5) is 18.3 Å². The number of nitrogens with zero attached hydrogens (tertiary/aromatic N) is 1. The largest absolute Gasteiger partial charge is 0.497 e. The first-order chi connectivity index (χ1) is 9.49. The lowest BCUT2D eigenvalue weighted by Gasteiger charge is -2.04. The topological polar surface area (TPSA) is 34.1 Å². The normalized spacial score (nSPS) is 11.4. The molecule has 1 heterocycles. The van der Waals surface area contributed by atoms with Crippen molar-refractivity contribution in [3.8, 4) is 5.75 Å². The molecule has 7 heteroatoms. The second-order valence-electron chi connectivity index (χ2n) is 4.05. The second kappa shape index (κ2) is 6.13. The lowest BCUT2D eigenvalue weighted by molar-refractivity contribution is -0.134. The number of thiazole rings is 1. The molecule has 0 aliphatic carbocycles. The molecule has 1 N–H and O–H groups in total. The van der Waals surface area contributed by atoms with Gasteiger partial charge in [0.15, 0.2) is 5.13 Å². The average molecular weight is 302 g/mol. The van der Waals surface area contributed by atoms with Crippen molar-refractivity contribution in [1.29, 1.82) is 0 Å². The average Bonchev–Trinajstić information content (AvgIpc) is 2.88. The molecule has 0 aliphatic rings. The molecule has 1 aromatic carbocycles. The molecule has 108 valence electrons. The maximum atomic E-state index is 12.4. The van der Waals surface area contributed by atoms with Crippen molar-refractivity contribution < 1.29 is 17.9 Å². The molecule has 2 rings (SSSR count). The molecule has 0 aliphatic heterocycles. The Morgan fingerprint density at radius 3 is 2.50 bits per heavy atom. The van der Waals surface area contributed by atoms with Gasteiger partial charge in [0.25, 0.3) is 0 Å². The summed E-state index contributed by atoms with van der Waals surface area (Å²) in [5, 5.41) is 3.17. The first kappa shape index (κ1) is 14.6. The van der Waals surface area contributed by atoms with Crippen molar-refractivity contribution in [1.82, 2.24) is 4.98 Å². The summed E-state index contributed by atoms with van der Waals surface area (Å²) in [5.41, 5.74) is 1.07. The van der Waals surface area contributed by atoms with Gasteiger partial charge in [-0.2, -0.15) is 13.2 Å². The monoisotopic (exact) mass is 302 g/mol. The highest BCUT2D eigenvalue weighted by molar-refractivity contribution is 7.15. The number of alkyl halides is 3. The van der Waals surface area contributed by atoms with Gasteiger partial charge in [-0.05, 0) is 24.1 Å². The van der Waals surface area contributed by atoms with Crippen molar-refractivity contribution in [2.75, 3.05) is 19.0 Å².